The van der Waals surface area contributed by atoms with Crippen LogP contribution in [0.25, 0.3) is 22.2 Å². The van der Waals surface area contributed by atoms with Gasteiger partial charge in [-0.2, -0.15) is 0 Å². The number of aliphatic hydroxyl groups excluding tert-OH is 1. The Balaban J connectivity index is 1.34. The van der Waals surface area contributed by atoms with Gasteiger partial charge < -0.3 is 15.4 Å². The van der Waals surface area contributed by atoms with E-state index in [1.165, 1.54) is 18.2 Å². The number of hydrogen-bond donors (Lipinski definition) is 3. The molecule has 2 aliphatic rings. The zero-order valence-corrected chi connectivity index (χ0v) is 17.6. The summed E-state index contributed by atoms with van der Waals surface area (Å²) in [5, 5.41) is 12.8. The number of halogens is 3. The predicted molar refractivity (Wildman–Crippen MR) is 115 cm³/mol. The van der Waals surface area contributed by atoms with E-state index < -0.39 is 11.6 Å². The molecule has 0 spiro atoms. The highest BCUT2D eigenvalue weighted by molar-refractivity contribution is 5.91. The lowest BCUT2D eigenvalue weighted by Crippen LogP contribution is -2.42. The number of nitrogens with one attached hydrogen (secondary N) is 2. The summed E-state index contributed by atoms with van der Waals surface area (Å²) in [5.41, 5.74) is 2.24. The highest BCUT2D eigenvalue weighted by atomic mass is 19.1. The molecule has 3 N–H and O–H groups in total. The van der Waals surface area contributed by atoms with Gasteiger partial charge in [0.15, 0.2) is 0 Å². The smallest absolute Gasteiger partial charge is 0.223 e. The summed E-state index contributed by atoms with van der Waals surface area (Å²) in [6.07, 6.45) is 3.85. The van der Waals surface area contributed by atoms with E-state index in [1.54, 1.807) is 12.1 Å². The molecule has 0 atom stereocenters. The average Bonchev–Trinajstić information content (AvgIpc) is 3.44. The minimum Gasteiger partial charge on any atom is -0.396 e. The Morgan fingerprint density at radius 3 is 2.47 bits per heavy atom. The number of carbonyl (C=O) groups excluding carboxylic acids is 1. The Morgan fingerprint density at radius 2 is 1.81 bits per heavy atom. The number of carbonyl (C=O) groups is 1. The molecule has 2 aromatic carbocycles. The second-order valence-electron chi connectivity index (χ2n) is 9.41. The number of aliphatic hydroxyl groups is 1. The minimum atomic E-state index is -0.668. The maximum Gasteiger partial charge on any atom is 0.223 e. The van der Waals surface area contributed by atoms with Gasteiger partial charge in [-0.3, -0.25) is 4.79 Å². The number of rotatable bonds is 7. The molecule has 5 rings (SSSR count). The van der Waals surface area contributed by atoms with Gasteiger partial charge in [0.2, 0.25) is 5.91 Å². The molecule has 4 nitrogen and oxygen atoms in total. The molecule has 7 heteroatoms. The molecule has 0 saturated heterocycles. The van der Waals surface area contributed by atoms with Gasteiger partial charge in [-0.25, -0.2) is 13.2 Å². The highest BCUT2D eigenvalue weighted by Crippen LogP contribution is 2.45. The summed E-state index contributed by atoms with van der Waals surface area (Å²) in [4.78, 5) is 15.5. The molecule has 0 aliphatic heterocycles. The van der Waals surface area contributed by atoms with Crippen LogP contribution < -0.4 is 5.32 Å². The van der Waals surface area contributed by atoms with Crippen molar-refractivity contribution >= 4 is 16.8 Å². The minimum absolute atomic E-state index is 0.00995. The van der Waals surface area contributed by atoms with Crippen LogP contribution in [-0.4, -0.2) is 29.1 Å². The van der Waals surface area contributed by atoms with Crippen LogP contribution in [-0.2, 0) is 11.2 Å². The van der Waals surface area contributed by atoms with Gasteiger partial charge >= 0.3 is 0 Å². The molecule has 168 valence electrons. The Bertz CT molecular complexity index is 1160. The van der Waals surface area contributed by atoms with Gasteiger partial charge in [0.05, 0.1) is 12.1 Å². The van der Waals surface area contributed by atoms with Crippen molar-refractivity contribution < 1.29 is 23.1 Å². The van der Waals surface area contributed by atoms with Crippen molar-refractivity contribution in [3.8, 4) is 11.3 Å². The Hall–Kier alpha value is -2.80. The Kier molecular flexibility index (Phi) is 5.24. The standard InChI is InChI=1S/C25H25F3N2O2/c26-17-3-1-15(2-4-17)22-19(20-10-18(27)11-21(28)23(20)30-22)9-14-7-16(8-14)24(32)29-12-25(13-31)5-6-25/h1-4,10-11,14,16,30-31H,5-9,12-13H2,(H,29,32). The van der Waals surface area contributed by atoms with E-state index in [0.29, 0.717) is 42.5 Å². The maximum absolute atomic E-state index is 14.4. The monoisotopic (exact) mass is 442 g/mol. The van der Waals surface area contributed by atoms with Gasteiger partial charge in [0.1, 0.15) is 17.5 Å². The number of benzene rings is 2. The van der Waals surface area contributed by atoms with Crippen molar-refractivity contribution in [3.05, 3.63) is 59.4 Å². The Labute approximate surface area is 183 Å². The van der Waals surface area contributed by atoms with Crippen LogP contribution in [0.2, 0.25) is 0 Å². The second-order valence-corrected chi connectivity index (χ2v) is 9.41. The predicted octanol–water partition coefficient (Wildman–Crippen LogP) is 4.71. The summed E-state index contributed by atoms with van der Waals surface area (Å²) < 4.78 is 41.8. The molecular formula is C25H25F3N2O2. The molecule has 1 amide bonds. The van der Waals surface area contributed by atoms with Gasteiger partial charge in [0, 0.05) is 35.0 Å². The molecule has 0 radical (unpaired) electrons. The molecule has 1 aromatic heterocycles. The summed E-state index contributed by atoms with van der Waals surface area (Å²) in [6.45, 7) is 0.611. The average molecular weight is 442 g/mol. The number of amides is 1. The van der Waals surface area contributed by atoms with Crippen molar-refractivity contribution in [1.29, 1.82) is 0 Å². The number of aromatic amines is 1. The van der Waals surface area contributed by atoms with Crippen LogP contribution in [0.4, 0.5) is 13.2 Å². The largest absolute Gasteiger partial charge is 0.396 e. The number of hydrogen-bond acceptors (Lipinski definition) is 2. The topological polar surface area (TPSA) is 65.1 Å². The summed E-state index contributed by atoms with van der Waals surface area (Å²) >= 11 is 0. The molecule has 2 fully saturated rings. The first kappa shape index (κ1) is 21.1. The normalized spacial score (nSPS) is 21.4. The van der Waals surface area contributed by atoms with Gasteiger partial charge in [-0.1, -0.05) is 0 Å². The fourth-order valence-corrected chi connectivity index (χ4v) is 4.74. The molecular weight excluding hydrogens is 417 g/mol. The first-order chi connectivity index (χ1) is 15.4. The van der Waals surface area contributed by atoms with Crippen molar-refractivity contribution in [1.82, 2.24) is 10.3 Å². The zero-order valence-electron chi connectivity index (χ0n) is 17.6. The van der Waals surface area contributed by atoms with Crippen molar-refractivity contribution in [2.45, 2.75) is 32.1 Å². The summed E-state index contributed by atoms with van der Waals surface area (Å²) in [7, 11) is 0. The molecule has 2 aliphatic carbocycles. The van der Waals surface area contributed by atoms with E-state index in [4.69, 9.17) is 0 Å². The molecule has 3 aromatic rings. The maximum atomic E-state index is 14.4. The van der Waals surface area contributed by atoms with Crippen molar-refractivity contribution in [2.75, 3.05) is 13.2 Å². The van der Waals surface area contributed by atoms with Crippen LogP contribution in [0.15, 0.2) is 36.4 Å². The van der Waals surface area contributed by atoms with E-state index in [0.717, 1.165) is 24.5 Å². The van der Waals surface area contributed by atoms with Crippen molar-refractivity contribution in [2.24, 2.45) is 17.3 Å². The Morgan fingerprint density at radius 1 is 1.09 bits per heavy atom. The quantitative estimate of drug-likeness (QED) is 0.496. The lowest BCUT2D eigenvalue weighted by molar-refractivity contribution is -0.129. The zero-order chi connectivity index (χ0) is 22.5. The van der Waals surface area contributed by atoms with E-state index in [9.17, 15) is 23.1 Å². The first-order valence-electron chi connectivity index (χ1n) is 11.0. The molecule has 1 heterocycles. The van der Waals surface area contributed by atoms with Gasteiger partial charge in [-0.05, 0) is 79.5 Å². The fraction of sp³-hybridized carbons (Fsp3) is 0.400. The van der Waals surface area contributed by atoms with Crippen molar-refractivity contribution in [3.63, 3.8) is 0 Å². The second kappa shape index (κ2) is 7.96. The third-order valence-corrected chi connectivity index (χ3v) is 7.09. The number of H-pyrrole nitrogens is 1. The van der Waals surface area contributed by atoms with Crippen LogP contribution in [0.1, 0.15) is 31.2 Å². The molecule has 2 saturated carbocycles. The fourth-order valence-electron chi connectivity index (χ4n) is 4.74. The third kappa shape index (κ3) is 3.90. The molecule has 32 heavy (non-hydrogen) atoms. The lowest BCUT2D eigenvalue weighted by Gasteiger charge is -2.35. The van der Waals surface area contributed by atoms with Gasteiger partial charge in [0.25, 0.3) is 0 Å². The van der Waals surface area contributed by atoms with E-state index in [-0.39, 0.29) is 41.1 Å². The molecule has 0 bridgehead atoms. The van der Waals surface area contributed by atoms with E-state index >= 15 is 0 Å². The first-order valence-corrected chi connectivity index (χ1v) is 11.0. The van der Waals surface area contributed by atoms with E-state index in [1.807, 2.05) is 0 Å². The summed E-state index contributed by atoms with van der Waals surface area (Å²) in [6, 6.07) is 8.08. The van der Waals surface area contributed by atoms with E-state index in [2.05, 4.69) is 10.3 Å². The number of aromatic nitrogens is 1. The molecule has 0 unspecified atom stereocenters. The highest BCUT2D eigenvalue weighted by Gasteiger charge is 2.43. The third-order valence-electron chi connectivity index (χ3n) is 7.09. The van der Waals surface area contributed by atoms with Gasteiger partial charge in [-0.15, -0.1) is 0 Å². The van der Waals surface area contributed by atoms with Crippen LogP contribution in [0.5, 0.6) is 0 Å². The number of fused-ring (bicyclic) bond motifs is 1. The summed E-state index contributed by atoms with van der Waals surface area (Å²) in [5.74, 6) is -1.55. The lowest BCUT2D eigenvalue weighted by atomic mass is 9.71. The SMILES string of the molecule is O=C(NCC1(CO)CC1)C1CC(Cc2c(-c3ccc(F)cc3)[nH]c3c(F)cc(F)cc23)C1. The van der Waals surface area contributed by atoms with Crippen LogP contribution in [0, 0.1) is 34.7 Å². The van der Waals surface area contributed by atoms with Crippen LogP contribution in [0.3, 0.4) is 0 Å². The van der Waals surface area contributed by atoms with Crippen LogP contribution >= 0.6 is 0 Å².